The maximum Gasteiger partial charge on any atom is 0.239 e. The molecule has 8 heteroatoms. The molecule has 0 rings (SSSR count). The molecule has 0 aromatic carbocycles. The first-order chi connectivity index (χ1) is 27.0. The molecule has 0 aromatic rings. The van der Waals surface area contributed by atoms with Gasteiger partial charge in [0.25, 0.3) is 0 Å². The van der Waals surface area contributed by atoms with E-state index in [9.17, 15) is 14.4 Å². The zero-order chi connectivity index (χ0) is 40.3. The second-order valence-corrected chi connectivity index (χ2v) is 15.9. The number of nitrogens with two attached hydrogens (primary N) is 2. The van der Waals surface area contributed by atoms with E-state index in [1.807, 2.05) is 4.90 Å². The molecule has 0 spiro atoms. The van der Waals surface area contributed by atoms with Gasteiger partial charge in [-0.25, -0.2) is 0 Å². The van der Waals surface area contributed by atoms with Gasteiger partial charge in [-0.2, -0.15) is 0 Å². The normalized spacial score (nSPS) is 12.1. The van der Waals surface area contributed by atoms with E-state index >= 15 is 0 Å². The van der Waals surface area contributed by atoms with Gasteiger partial charge in [-0.3, -0.25) is 14.4 Å². The highest BCUT2D eigenvalue weighted by Gasteiger charge is 2.20. The largest absolute Gasteiger partial charge is 0.356 e. The molecule has 0 aliphatic heterocycles. The van der Waals surface area contributed by atoms with Gasteiger partial charge < -0.3 is 27.0 Å². The standard InChI is InChI=1S/C47H91N5O3/c1-3-5-7-9-11-13-15-17-19-21-23-25-27-29-31-36-45(53)50-40-33-34-42-52(47(55)44(49)38-39-48)43-35-41-51-46(54)37-32-30-28-26-24-22-20-18-16-14-12-10-8-6-4-2/h17-20,44H,3-16,21-43,48-49H2,1-2H3,(H,50,53)(H,51,54)/b19-17-,20-18-/t44-/m0/s1. The molecule has 8 nitrogen and oxygen atoms in total. The fraction of sp³-hybridized carbons (Fsp3) is 0.851. The van der Waals surface area contributed by atoms with Crippen molar-refractivity contribution >= 4 is 17.7 Å². The number of rotatable bonds is 42. The summed E-state index contributed by atoms with van der Waals surface area (Å²) in [6.07, 6.45) is 45.7. The summed E-state index contributed by atoms with van der Waals surface area (Å²) < 4.78 is 0. The van der Waals surface area contributed by atoms with Gasteiger partial charge in [0.1, 0.15) is 0 Å². The molecule has 1 atom stereocenters. The van der Waals surface area contributed by atoms with Gasteiger partial charge in [-0.15, -0.1) is 0 Å². The summed E-state index contributed by atoms with van der Waals surface area (Å²) in [5.74, 6) is 0.124. The number of carbonyl (C=O) groups is 3. The van der Waals surface area contributed by atoms with Gasteiger partial charge >= 0.3 is 0 Å². The lowest BCUT2D eigenvalue weighted by Crippen LogP contribution is -2.46. The van der Waals surface area contributed by atoms with Gasteiger partial charge in [0, 0.05) is 39.0 Å². The van der Waals surface area contributed by atoms with Gasteiger partial charge in [-0.1, -0.05) is 141 Å². The van der Waals surface area contributed by atoms with Gasteiger partial charge in [0.05, 0.1) is 6.04 Å². The Bertz CT molecular complexity index is 924. The van der Waals surface area contributed by atoms with Crippen LogP contribution in [0.3, 0.4) is 0 Å². The molecule has 0 saturated carbocycles. The first-order valence-electron chi connectivity index (χ1n) is 23.5. The highest BCUT2D eigenvalue weighted by atomic mass is 16.2. The summed E-state index contributed by atoms with van der Waals surface area (Å²) in [7, 11) is 0. The molecule has 0 aromatic heterocycles. The number of amides is 3. The van der Waals surface area contributed by atoms with Crippen LogP contribution in [0.4, 0.5) is 0 Å². The van der Waals surface area contributed by atoms with E-state index in [4.69, 9.17) is 11.5 Å². The highest BCUT2D eigenvalue weighted by molar-refractivity contribution is 5.81. The van der Waals surface area contributed by atoms with Crippen LogP contribution in [0.1, 0.15) is 219 Å². The minimum absolute atomic E-state index is 0.0849. The maximum absolute atomic E-state index is 13.0. The van der Waals surface area contributed by atoms with E-state index in [0.717, 1.165) is 38.5 Å². The van der Waals surface area contributed by atoms with Crippen molar-refractivity contribution in [3.63, 3.8) is 0 Å². The molecule has 0 aliphatic carbocycles. The molecule has 6 N–H and O–H groups in total. The summed E-state index contributed by atoms with van der Waals surface area (Å²) in [5.41, 5.74) is 11.8. The molecule has 0 aliphatic rings. The van der Waals surface area contributed by atoms with Gasteiger partial charge in [0.15, 0.2) is 0 Å². The van der Waals surface area contributed by atoms with E-state index in [1.165, 1.54) is 141 Å². The van der Waals surface area contributed by atoms with Crippen molar-refractivity contribution in [2.75, 3.05) is 32.7 Å². The monoisotopic (exact) mass is 774 g/mol. The lowest BCUT2D eigenvalue weighted by Gasteiger charge is -2.26. The summed E-state index contributed by atoms with van der Waals surface area (Å²) in [4.78, 5) is 39.5. The summed E-state index contributed by atoms with van der Waals surface area (Å²) in [5, 5.41) is 6.08. The second kappa shape index (κ2) is 42.9. The first kappa shape index (κ1) is 52.8. The Morgan fingerprint density at radius 1 is 0.491 bits per heavy atom. The number of nitrogens with zero attached hydrogens (tertiary/aromatic N) is 1. The topological polar surface area (TPSA) is 131 Å². The quantitative estimate of drug-likeness (QED) is 0.0362. The first-order valence-corrected chi connectivity index (χ1v) is 23.5. The molecule has 0 unspecified atom stereocenters. The van der Waals surface area contributed by atoms with E-state index in [2.05, 4.69) is 48.8 Å². The number of nitrogens with one attached hydrogen (secondary N) is 2. The van der Waals surface area contributed by atoms with Crippen LogP contribution in [0.15, 0.2) is 24.3 Å². The molecule has 0 heterocycles. The van der Waals surface area contributed by atoms with Gasteiger partial charge in [0.2, 0.25) is 17.7 Å². The summed E-state index contributed by atoms with van der Waals surface area (Å²) >= 11 is 0. The van der Waals surface area contributed by atoms with E-state index in [-0.39, 0.29) is 17.7 Å². The predicted octanol–water partition coefficient (Wildman–Crippen LogP) is 11.0. The average molecular weight is 774 g/mol. The van der Waals surface area contributed by atoms with E-state index < -0.39 is 6.04 Å². The molecule has 0 bridgehead atoms. The van der Waals surface area contributed by atoms with Crippen molar-refractivity contribution < 1.29 is 14.4 Å². The van der Waals surface area contributed by atoms with Crippen molar-refractivity contribution in [2.24, 2.45) is 11.5 Å². The number of carbonyl (C=O) groups excluding carboxylic acids is 3. The smallest absolute Gasteiger partial charge is 0.239 e. The average Bonchev–Trinajstić information content (AvgIpc) is 3.18. The van der Waals surface area contributed by atoms with Crippen LogP contribution in [0.25, 0.3) is 0 Å². The van der Waals surface area contributed by atoms with Crippen molar-refractivity contribution in [1.82, 2.24) is 15.5 Å². The Morgan fingerprint density at radius 3 is 1.27 bits per heavy atom. The van der Waals surface area contributed by atoms with Crippen LogP contribution in [0, 0.1) is 0 Å². The van der Waals surface area contributed by atoms with Crippen LogP contribution in [-0.4, -0.2) is 61.4 Å². The highest BCUT2D eigenvalue weighted by Crippen LogP contribution is 2.12. The predicted molar refractivity (Wildman–Crippen MR) is 237 cm³/mol. The van der Waals surface area contributed by atoms with Crippen molar-refractivity contribution in [2.45, 2.75) is 225 Å². The summed E-state index contributed by atoms with van der Waals surface area (Å²) in [6, 6.07) is -0.605. The number of allylic oxidation sites excluding steroid dienone is 4. The number of hydrogen-bond donors (Lipinski definition) is 4. The number of unbranched alkanes of at least 4 members (excludes halogenated alkanes) is 23. The molecule has 0 radical (unpaired) electrons. The maximum atomic E-state index is 13.0. The fourth-order valence-corrected chi connectivity index (χ4v) is 6.91. The van der Waals surface area contributed by atoms with Crippen LogP contribution in [0.2, 0.25) is 0 Å². The molecular formula is C47H91N5O3. The zero-order valence-electron chi connectivity index (χ0n) is 36.4. The lowest BCUT2D eigenvalue weighted by molar-refractivity contribution is -0.133. The molecule has 3 amide bonds. The van der Waals surface area contributed by atoms with Crippen molar-refractivity contribution in [1.29, 1.82) is 0 Å². The van der Waals surface area contributed by atoms with Crippen molar-refractivity contribution in [3.05, 3.63) is 24.3 Å². The lowest BCUT2D eigenvalue weighted by atomic mass is 10.1. The van der Waals surface area contributed by atoms with Crippen LogP contribution >= 0.6 is 0 Å². The Balaban J connectivity index is 3.95. The van der Waals surface area contributed by atoms with Crippen molar-refractivity contribution in [3.8, 4) is 0 Å². The summed E-state index contributed by atoms with van der Waals surface area (Å²) in [6.45, 7) is 7.20. The SMILES string of the molecule is CCCCCCCC/C=C\CCCCCCCC(=O)NCCCCN(CCCNC(=O)CCCCCCC/C=C\CCCCCCCC)C(=O)[C@@H](N)CCN. The fourth-order valence-electron chi connectivity index (χ4n) is 6.91. The van der Waals surface area contributed by atoms with Crippen LogP contribution in [0.5, 0.6) is 0 Å². The minimum atomic E-state index is -0.605. The number of hydrogen-bond acceptors (Lipinski definition) is 5. The zero-order valence-corrected chi connectivity index (χ0v) is 36.4. The molecule has 0 saturated heterocycles. The van der Waals surface area contributed by atoms with E-state index in [0.29, 0.717) is 58.4 Å². The Morgan fingerprint density at radius 2 is 0.855 bits per heavy atom. The van der Waals surface area contributed by atoms with E-state index in [1.54, 1.807) is 0 Å². The molecule has 322 valence electrons. The molecule has 0 fully saturated rings. The second-order valence-electron chi connectivity index (χ2n) is 15.9. The third kappa shape index (κ3) is 38.5. The minimum Gasteiger partial charge on any atom is -0.356 e. The Labute approximate surface area is 340 Å². The van der Waals surface area contributed by atoms with Crippen LogP contribution < -0.4 is 22.1 Å². The Hall–Kier alpha value is -2.19. The molecular weight excluding hydrogens is 683 g/mol. The van der Waals surface area contributed by atoms with Gasteiger partial charge in [-0.05, 0) is 96.4 Å². The van der Waals surface area contributed by atoms with Crippen LogP contribution in [-0.2, 0) is 14.4 Å². The Kier molecular flexibility index (Phi) is 41.2. The molecule has 55 heavy (non-hydrogen) atoms. The third-order valence-electron chi connectivity index (χ3n) is 10.5. The third-order valence-corrected chi connectivity index (χ3v) is 10.5.